The summed E-state index contributed by atoms with van der Waals surface area (Å²) >= 11 is 1.86. The van der Waals surface area contributed by atoms with Crippen LogP contribution in [0.3, 0.4) is 0 Å². The topological polar surface area (TPSA) is 30.2 Å². The highest BCUT2D eigenvalue weighted by molar-refractivity contribution is 7.26. The highest BCUT2D eigenvalue weighted by Gasteiger charge is 2.14. The molecule has 0 amide bonds. The lowest BCUT2D eigenvalue weighted by atomic mass is 10.0. The fourth-order valence-corrected chi connectivity index (χ4v) is 6.68. The summed E-state index contributed by atoms with van der Waals surface area (Å²) in [5.41, 5.74) is 6.76. The molecule has 3 aromatic heterocycles. The van der Waals surface area contributed by atoms with Gasteiger partial charge in [0.05, 0.1) is 0 Å². The second-order valence-corrected chi connectivity index (χ2v) is 10.6. The zero-order valence-electron chi connectivity index (χ0n) is 20.4. The Labute approximate surface area is 223 Å². The Hall–Kier alpha value is -4.80. The van der Waals surface area contributed by atoms with E-state index in [1.807, 2.05) is 17.4 Å². The van der Waals surface area contributed by atoms with Gasteiger partial charge < -0.3 is 0 Å². The van der Waals surface area contributed by atoms with Gasteiger partial charge in [0, 0.05) is 37.3 Å². The van der Waals surface area contributed by atoms with Crippen LogP contribution in [0.5, 0.6) is 0 Å². The van der Waals surface area contributed by atoms with Crippen LogP contribution in [-0.4, -0.2) is 14.6 Å². The molecule has 0 fully saturated rings. The third kappa shape index (κ3) is 3.28. The van der Waals surface area contributed by atoms with E-state index in [1.165, 1.54) is 42.4 Å². The van der Waals surface area contributed by atoms with Crippen LogP contribution in [0.15, 0.2) is 128 Å². The summed E-state index contributed by atoms with van der Waals surface area (Å²) in [7, 11) is 0. The normalized spacial score (nSPS) is 11.7. The van der Waals surface area contributed by atoms with Crippen LogP contribution < -0.4 is 0 Å². The number of hydrogen-bond acceptors (Lipinski definition) is 3. The molecule has 3 heterocycles. The van der Waals surface area contributed by atoms with Crippen LogP contribution in [0.25, 0.3) is 70.2 Å². The lowest BCUT2D eigenvalue weighted by molar-refractivity contribution is 1.11. The number of aromatic nitrogens is 3. The molecule has 0 aliphatic rings. The van der Waals surface area contributed by atoms with E-state index in [2.05, 4.69) is 136 Å². The molecule has 3 nitrogen and oxygen atoms in total. The fraction of sp³-hybridized carbons (Fsp3) is 0. The van der Waals surface area contributed by atoms with Crippen molar-refractivity contribution in [3.8, 4) is 33.6 Å². The van der Waals surface area contributed by atoms with E-state index in [9.17, 15) is 0 Å². The number of hydrogen-bond donors (Lipinski definition) is 0. The van der Waals surface area contributed by atoms with Crippen molar-refractivity contribution >= 4 is 47.9 Å². The Bertz CT molecular complexity index is 2120. The number of fused-ring (bicyclic) bond motifs is 6. The van der Waals surface area contributed by atoms with Crippen LogP contribution in [0.1, 0.15) is 0 Å². The largest absolute Gasteiger partial charge is 0.282 e. The Morgan fingerprint density at radius 2 is 1.29 bits per heavy atom. The van der Waals surface area contributed by atoms with Gasteiger partial charge in [0.15, 0.2) is 11.5 Å². The van der Waals surface area contributed by atoms with Gasteiger partial charge in [-0.1, -0.05) is 103 Å². The average Bonchev–Trinajstić information content (AvgIpc) is 3.60. The average molecular weight is 504 g/mol. The van der Waals surface area contributed by atoms with Gasteiger partial charge in [-0.15, -0.1) is 21.5 Å². The number of benzene rings is 5. The molecule has 0 unspecified atom stereocenters. The van der Waals surface area contributed by atoms with Gasteiger partial charge in [-0.3, -0.25) is 4.40 Å². The third-order valence-corrected chi connectivity index (χ3v) is 8.58. The summed E-state index contributed by atoms with van der Waals surface area (Å²) in [6.45, 7) is 0. The first-order valence-electron chi connectivity index (χ1n) is 12.7. The molecule has 4 heteroatoms. The maximum absolute atomic E-state index is 4.62. The summed E-state index contributed by atoms with van der Waals surface area (Å²) in [5, 5.41) is 14.1. The minimum absolute atomic E-state index is 0.846. The van der Waals surface area contributed by atoms with Crippen molar-refractivity contribution in [3.63, 3.8) is 0 Å². The maximum Gasteiger partial charge on any atom is 0.168 e. The SMILES string of the molecule is c1ccc(-c2ccc3ccn4c(-c5ccc(-c6cccc7c6sc6ccccc67)cc5)nnc4c3c2)cc1. The van der Waals surface area contributed by atoms with Crippen LogP contribution in [0, 0.1) is 0 Å². The van der Waals surface area contributed by atoms with E-state index in [4.69, 9.17) is 0 Å². The zero-order chi connectivity index (χ0) is 25.1. The Morgan fingerprint density at radius 3 is 2.18 bits per heavy atom. The van der Waals surface area contributed by atoms with Crippen LogP contribution >= 0.6 is 11.3 Å². The molecule has 8 aromatic rings. The predicted molar refractivity (Wildman–Crippen MR) is 160 cm³/mol. The molecule has 0 radical (unpaired) electrons. The molecule has 0 spiro atoms. The van der Waals surface area contributed by atoms with Crippen LogP contribution in [0.4, 0.5) is 0 Å². The van der Waals surface area contributed by atoms with Crippen LogP contribution in [-0.2, 0) is 0 Å². The fourth-order valence-electron chi connectivity index (χ4n) is 5.45. The standard InChI is InChI=1S/C34H21N3S/c1-2-7-22(8-3-1)26-18-15-24-19-20-37-33(35-36-34(37)30(24)21-26)25-16-13-23(14-17-25)27-10-6-11-29-28-9-4-5-12-31(28)38-32(27)29/h1-21H. The van der Waals surface area contributed by atoms with Crippen molar-refractivity contribution in [2.24, 2.45) is 0 Å². The Morgan fingerprint density at radius 1 is 0.526 bits per heavy atom. The Balaban J connectivity index is 1.22. The lowest BCUT2D eigenvalue weighted by Crippen LogP contribution is -1.91. The van der Waals surface area contributed by atoms with Gasteiger partial charge in [0.2, 0.25) is 0 Å². The smallest absolute Gasteiger partial charge is 0.168 e. The molecule has 0 N–H and O–H groups in total. The summed E-state index contributed by atoms with van der Waals surface area (Å²) < 4.78 is 4.75. The van der Waals surface area contributed by atoms with Gasteiger partial charge >= 0.3 is 0 Å². The second-order valence-electron chi connectivity index (χ2n) is 9.56. The molecule has 0 saturated carbocycles. The quantitative estimate of drug-likeness (QED) is 0.240. The van der Waals surface area contributed by atoms with E-state index in [-0.39, 0.29) is 0 Å². The van der Waals surface area contributed by atoms with Crippen molar-refractivity contribution in [1.29, 1.82) is 0 Å². The molecular weight excluding hydrogens is 482 g/mol. The number of thiophene rings is 1. The molecule has 38 heavy (non-hydrogen) atoms. The van der Waals surface area contributed by atoms with Gasteiger partial charge in [-0.2, -0.15) is 0 Å². The zero-order valence-corrected chi connectivity index (χ0v) is 21.2. The lowest BCUT2D eigenvalue weighted by Gasteiger charge is -2.07. The summed E-state index contributed by atoms with van der Waals surface area (Å²) in [5.74, 6) is 0.846. The molecule has 0 bridgehead atoms. The first-order chi connectivity index (χ1) is 18.8. The highest BCUT2D eigenvalue weighted by Crippen LogP contribution is 2.40. The maximum atomic E-state index is 4.62. The minimum atomic E-state index is 0.846. The first-order valence-corrected chi connectivity index (χ1v) is 13.5. The molecule has 5 aromatic carbocycles. The Kier molecular flexibility index (Phi) is 4.69. The molecule has 0 saturated heterocycles. The molecule has 178 valence electrons. The number of nitrogens with zero attached hydrogens (tertiary/aromatic N) is 3. The van der Waals surface area contributed by atoms with E-state index < -0.39 is 0 Å². The van der Waals surface area contributed by atoms with E-state index >= 15 is 0 Å². The van der Waals surface area contributed by atoms with Crippen molar-refractivity contribution < 1.29 is 0 Å². The van der Waals surface area contributed by atoms with Gasteiger partial charge in [-0.05, 0) is 45.8 Å². The van der Waals surface area contributed by atoms with Gasteiger partial charge in [0.25, 0.3) is 0 Å². The molecule has 0 atom stereocenters. The first kappa shape index (κ1) is 21.3. The predicted octanol–water partition coefficient (Wildman–Crippen LogP) is 9.25. The van der Waals surface area contributed by atoms with Gasteiger partial charge in [-0.25, -0.2) is 0 Å². The van der Waals surface area contributed by atoms with Crippen molar-refractivity contribution in [2.45, 2.75) is 0 Å². The third-order valence-electron chi connectivity index (χ3n) is 7.36. The van der Waals surface area contributed by atoms with E-state index in [0.29, 0.717) is 0 Å². The van der Waals surface area contributed by atoms with Crippen molar-refractivity contribution in [1.82, 2.24) is 14.6 Å². The minimum Gasteiger partial charge on any atom is -0.282 e. The second kappa shape index (κ2) is 8.37. The summed E-state index contributed by atoms with van der Waals surface area (Å²) in [6, 6.07) is 43.1. The van der Waals surface area contributed by atoms with Gasteiger partial charge in [0.1, 0.15) is 0 Å². The van der Waals surface area contributed by atoms with Crippen molar-refractivity contribution in [2.75, 3.05) is 0 Å². The molecule has 0 aliphatic carbocycles. The summed E-state index contributed by atoms with van der Waals surface area (Å²) in [6.07, 6.45) is 2.07. The number of pyridine rings is 1. The monoisotopic (exact) mass is 503 g/mol. The molecule has 0 aliphatic heterocycles. The van der Waals surface area contributed by atoms with Crippen LogP contribution in [0.2, 0.25) is 0 Å². The highest BCUT2D eigenvalue weighted by atomic mass is 32.1. The summed E-state index contributed by atoms with van der Waals surface area (Å²) in [4.78, 5) is 0. The number of rotatable bonds is 3. The van der Waals surface area contributed by atoms with Crippen molar-refractivity contribution in [3.05, 3.63) is 128 Å². The van der Waals surface area contributed by atoms with E-state index in [1.54, 1.807) is 0 Å². The van der Waals surface area contributed by atoms with E-state index in [0.717, 1.165) is 27.8 Å². The molecular formula is C34H21N3S. The molecule has 8 rings (SSSR count).